The molecule has 1 aliphatic rings. The fourth-order valence-electron chi connectivity index (χ4n) is 2.22. The molecule has 1 aliphatic heterocycles. The summed E-state index contributed by atoms with van der Waals surface area (Å²) in [5, 5.41) is 8.63. The van der Waals surface area contributed by atoms with Crippen LogP contribution >= 0.6 is 23.2 Å². The highest BCUT2D eigenvalue weighted by molar-refractivity contribution is 7.90. The fraction of sp³-hybridized carbons (Fsp3) is 0.500. The fourth-order valence-corrected chi connectivity index (χ4v) is 4.03. The van der Waals surface area contributed by atoms with E-state index >= 15 is 0 Å². The molecule has 0 amide bonds. The van der Waals surface area contributed by atoms with Crippen LogP contribution in [0.3, 0.4) is 0 Å². The van der Waals surface area contributed by atoms with E-state index in [1.165, 1.54) is 4.31 Å². The van der Waals surface area contributed by atoms with Gasteiger partial charge in [-0.2, -0.15) is 12.7 Å². The highest BCUT2D eigenvalue weighted by atomic mass is 35.5. The molecule has 118 valence electrons. The molecule has 2 N–H and O–H groups in total. The third-order valence-electron chi connectivity index (χ3n) is 3.31. The summed E-state index contributed by atoms with van der Waals surface area (Å²) < 4.78 is 41.4. The number of benzene rings is 1. The Labute approximate surface area is 132 Å². The standard InChI is InChI=1S/C12H15Cl2FN2O3S/c13-10-4-9(5-11(14)12(10)15)16-21(19,20)17-3-1-2-8(6-17)7-18/h4-5,8,16,18H,1-3,6-7H2. The molecule has 1 aromatic carbocycles. The van der Waals surface area contributed by atoms with E-state index in [2.05, 4.69) is 4.72 Å². The van der Waals surface area contributed by atoms with Crippen molar-refractivity contribution in [1.29, 1.82) is 0 Å². The van der Waals surface area contributed by atoms with Gasteiger partial charge in [0.05, 0.1) is 15.7 Å². The quantitative estimate of drug-likeness (QED) is 0.814. The lowest BCUT2D eigenvalue weighted by atomic mass is 10.0. The Hall–Kier alpha value is -0.600. The molecule has 0 aliphatic carbocycles. The van der Waals surface area contributed by atoms with Gasteiger partial charge in [0.25, 0.3) is 0 Å². The summed E-state index contributed by atoms with van der Waals surface area (Å²) in [6.45, 7) is 0.559. The number of aliphatic hydroxyl groups excluding tert-OH is 1. The average molecular weight is 357 g/mol. The first-order chi connectivity index (χ1) is 9.83. The van der Waals surface area contributed by atoms with Crippen molar-refractivity contribution in [2.75, 3.05) is 24.4 Å². The molecule has 1 aromatic rings. The van der Waals surface area contributed by atoms with E-state index in [9.17, 15) is 12.8 Å². The summed E-state index contributed by atoms with van der Waals surface area (Å²) in [4.78, 5) is 0. The zero-order chi connectivity index (χ0) is 15.6. The van der Waals surface area contributed by atoms with Gasteiger partial charge in [0.1, 0.15) is 0 Å². The van der Waals surface area contributed by atoms with Crippen molar-refractivity contribution in [2.24, 2.45) is 5.92 Å². The van der Waals surface area contributed by atoms with Crippen LogP contribution in [0.2, 0.25) is 10.0 Å². The summed E-state index contributed by atoms with van der Waals surface area (Å²) in [5.74, 6) is -0.865. The number of hydrogen-bond donors (Lipinski definition) is 2. The van der Waals surface area contributed by atoms with Crippen molar-refractivity contribution in [3.8, 4) is 0 Å². The summed E-state index contributed by atoms with van der Waals surface area (Å²) in [5.41, 5.74) is 0.0949. The molecule has 0 spiro atoms. The molecule has 5 nitrogen and oxygen atoms in total. The molecule has 0 bridgehead atoms. The molecule has 21 heavy (non-hydrogen) atoms. The summed E-state index contributed by atoms with van der Waals surface area (Å²) in [6.07, 6.45) is 1.47. The molecule has 9 heteroatoms. The van der Waals surface area contributed by atoms with E-state index in [1.807, 2.05) is 0 Å². The molecule has 2 rings (SSSR count). The Morgan fingerprint density at radius 2 is 2.00 bits per heavy atom. The smallest absolute Gasteiger partial charge is 0.301 e. The van der Waals surface area contributed by atoms with Crippen molar-refractivity contribution in [1.82, 2.24) is 4.31 Å². The Morgan fingerprint density at radius 1 is 1.38 bits per heavy atom. The van der Waals surface area contributed by atoms with Gasteiger partial charge in [-0.1, -0.05) is 23.2 Å². The second kappa shape index (κ2) is 6.66. The number of aliphatic hydroxyl groups is 1. The van der Waals surface area contributed by atoms with Crippen molar-refractivity contribution in [2.45, 2.75) is 12.8 Å². The third-order valence-corrected chi connectivity index (χ3v) is 5.37. The monoisotopic (exact) mass is 356 g/mol. The van der Waals surface area contributed by atoms with Crippen LogP contribution in [0.5, 0.6) is 0 Å². The maximum Gasteiger partial charge on any atom is 0.301 e. The van der Waals surface area contributed by atoms with Gasteiger partial charge in [0.2, 0.25) is 0 Å². The maximum absolute atomic E-state index is 13.3. The SMILES string of the molecule is O=S(=O)(Nc1cc(Cl)c(F)c(Cl)c1)N1CCCC(CO)C1. The van der Waals surface area contributed by atoms with E-state index in [-0.39, 0.29) is 34.8 Å². The number of anilines is 1. The molecule has 1 atom stereocenters. The summed E-state index contributed by atoms with van der Waals surface area (Å²) >= 11 is 11.3. The Bertz CT molecular complexity index is 604. The van der Waals surface area contributed by atoms with Crippen LogP contribution in [-0.4, -0.2) is 37.5 Å². The second-order valence-corrected chi connectivity index (χ2v) is 7.39. The topological polar surface area (TPSA) is 69.6 Å². The van der Waals surface area contributed by atoms with Crippen molar-refractivity contribution < 1.29 is 17.9 Å². The number of nitrogens with zero attached hydrogens (tertiary/aromatic N) is 1. The predicted molar refractivity (Wildman–Crippen MR) is 80.3 cm³/mol. The minimum absolute atomic E-state index is 0.0553. The van der Waals surface area contributed by atoms with Crippen molar-refractivity contribution >= 4 is 39.1 Å². The van der Waals surface area contributed by atoms with Crippen LogP contribution in [-0.2, 0) is 10.2 Å². The van der Waals surface area contributed by atoms with Gasteiger partial charge in [-0.05, 0) is 30.9 Å². The predicted octanol–water partition coefficient (Wildman–Crippen LogP) is 2.49. The van der Waals surface area contributed by atoms with E-state index in [4.69, 9.17) is 28.3 Å². The first-order valence-corrected chi connectivity index (χ1v) is 8.56. The highest BCUT2D eigenvalue weighted by Gasteiger charge is 2.28. The number of piperidine rings is 1. The van der Waals surface area contributed by atoms with Crippen LogP contribution in [0, 0.1) is 11.7 Å². The molecule has 1 unspecified atom stereocenters. The molecule has 1 saturated heterocycles. The van der Waals surface area contributed by atoms with E-state index in [0.717, 1.165) is 18.6 Å². The van der Waals surface area contributed by atoms with Crippen LogP contribution in [0.15, 0.2) is 12.1 Å². The zero-order valence-electron chi connectivity index (χ0n) is 11.0. The van der Waals surface area contributed by atoms with Crippen molar-refractivity contribution in [3.05, 3.63) is 28.0 Å². The van der Waals surface area contributed by atoms with Crippen LogP contribution in [0.4, 0.5) is 10.1 Å². The molecule has 1 heterocycles. The lowest BCUT2D eigenvalue weighted by Gasteiger charge is -2.31. The molecule has 0 saturated carbocycles. The first-order valence-electron chi connectivity index (χ1n) is 6.37. The maximum atomic E-state index is 13.3. The Balaban J connectivity index is 2.17. The van der Waals surface area contributed by atoms with Crippen LogP contribution in [0.1, 0.15) is 12.8 Å². The Morgan fingerprint density at radius 3 is 2.57 bits per heavy atom. The van der Waals surface area contributed by atoms with Gasteiger partial charge in [0, 0.05) is 19.7 Å². The number of nitrogens with one attached hydrogen (secondary N) is 1. The van der Waals surface area contributed by atoms with Crippen LogP contribution < -0.4 is 4.72 Å². The zero-order valence-corrected chi connectivity index (χ0v) is 13.3. The highest BCUT2D eigenvalue weighted by Crippen LogP contribution is 2.28. The largest absolute Gasteiger partial charge is 0.396 e. The average Bonchev–Trinajstić information content (AvgIpc) is 2.44. The molecular formula is C12H15Cl2FN2O3S. The molecule has 0 aromatic heterocycles. The lowest BCUT2D eigenvalue weighted by molar-refractivity contribution is 0.166. The second-order valence-electron chi connectivity index (χ2n) is 4.91. The van der Waals surface area contributed by atoms with Crippen molar-refractivity contribution in [3.63, 3.8) is 0 Å². The normalized spacial score (nSPS) is 20.5. The third kappa shape index (κ3) is 3.98. The van der Waals surface area contributed by atoms with E-state index < -0.39 is 16.0 Å². The van der Waals surface area contributed by atoms with E-state index in [0.29, 0.717) is 13.0 Å². The molecule has 1 fully saturated rings. The number of hydrogen-bond acceptors (Lipinski definition) is 3. The molecular weight excluding hydrogens is 342 g/mol. The Kier molecular flexibility index (Phi) is 5.32. The van der Waals surface area contributed by atoms with Crippen LogP contribution in [0.25, 0.3) is 0 Å². The van der Waals surface area contributed by atoms with Gasteiger partial charge in [-0.15, -0.1) is 0 Å². The van der Waals surface area contributed by atoms with Gasteiger partial charge < -0.3 is 5.11 Å². The van der Waals surface area contributed by atoms with Gasteiger partial charge in [-0.25, -0.2) is 4.39 Å². The minimum atomic E-state index is -3.79. The summed E-state index contributed by atoms with van der Waals surface area (Å²) in [7, 11) is -3.79. The minimum Gasteiger partial charge on any atom is -0.396 e. The number of rotatable bonds is 4. The first kappa shape index (κ1) is 16.8. The van der Waals surface area contributed by atoms with E-state index in [1.54, 1.807) is 0 Å². The van der Waals surface area contributed by atoms with Gasteiger partial charge in [0.15, 0.2) is 5.82 Å². The summed E-state index contributed by atoms with van der Waals surface area (Å²) in [6, 6.07) is 2.32. The number of halogens is 3. The van der Waals surface area contributed by atoms with Gasteiger partial charge in [-0.3, -0.25) is 4.72 Å². The molecule has 0 radical (unpaired) electrons. The van der Waals surface area contributed by atoms with Gasteiger partial charge >= 0.3 is 10.2 Å². The lowest BCUT2D eigenvalue weighted by Crippen LogP contribution is -2.43.